The van der Waals surface area contributed by atoms with Crippen molar-refractivity contribution in [1.29, 1.82) is 0 Å². The zero-order chi connectivity index (χ0) is 15.9. The lowest BCUT2D eigenvalue weighted by Crippen LogP contribution is -2.39. The highest BCUT2D eigenvalue weighted by Crippen LogP contribution is 2.29. The summed E-state index contributed by atoms with van der Waals surface area (Å²) in [4.78, 5) is 28.0. The molecule has 2 aliphatic rings. The quantitative estimate of drug-likeness (QED) is 0.708. The number of ether oxygens (including phenoxy) is 1. The van der Waals surface area contributed by atoms with Crippen LogP contribution < -0.4 is 5.32 Å². The topological polar surface area (TPSA) is 61.9 Å². The first-order valence-electron chi connectivity index (χ1n) is 8.33. The summed E-state index contributed by atoms with van der Waals surface area (Å²) in [5, 5.41) is 2.96. The van der Waals surface area contributed by atoms with Crippen LogP contribution in [0.2, 0.25) is 0 Å². The molecule has 1 heterocycles. The molecule has 0 aromatic rings. The van der Waals surface area contributed by atoms with Gasteiger partial charge in [0.1, 0.15) is 0 Å². The van der Waals surface area contributed by atoms with Crippen molar-refractivity contribution in [2.45, 2.75) is 38.1 Å². The predicted molar refractivity (Wildman–Crippen MR) is 84.5 cm³/mol. The van der Waals surface area contributed by atoms with Crippen molar-refractivity contribution >= 4 is 11.8 Å². The maximum absolute atomic E-state index is 12.1. The van der Waals surface area contributed by atoms with Crippen molar-refractivity contribution in [2.75, 3.05) is 46.9 Å². The number of carbonyl (C=O) groups is 2. The van der Waals surface area contributed by atoms with Crippen molar-refractivity contribution in [3.05, 3.63) is 0 Å². The van der Waals surface area contributed by atoms with Gasteiger partial charge < -0.3 is 15.0 Å². The molecule has 1 saturated carbocycles. The maximum Gasteiger partial charge on any atom is 0.234 e. The Balaban J connectivity index is 1.66. The first-order valence-corrected chi connectivity index (χ1v) is 8.33. The van der Waals surface area contributed by atoms with Crippen molar-refractivity contribution in [1.82, 2.24) is 15.1 Å². The van der Waals surface area contributed by atoms with Gasteiger partial charge in [-0.25, -0.2) is 0 Å². The van der Waals surface area contributed by atoms with Crippen molar-refractivity contribution in [3.63, 3.8) is 0 Å². The molecule has 1 saturated heterocycles. The minimum absolute atomic E-state index is 0.0189. The van der Waals surface area contributed by atoms with Crippen LogP contribution in [0.15, 0.2) is 0 Å². The molecule has 0 spiro atoms. The number of likely N-dealkylation sites (tertiary alicyclic amines) is 1. The summed E-state index contributed by atoms with van der Waals surface area (Å²) in [7, 11) is 3.56. The largest absolute Gasteiger partial charge is 0.383 e. The third-order valence-electron chi connectivity index (χ3n) is 4.68. The summed E-state index contributed by atoms with van der Waals surface area (Å²) in [6, 6.07) is 0.452. The van der Waals surface area contributed by atoms with E-state index in [1.54, 1.807) is 7.11 Å². The second-order valence-electron chi connectivity index (χ2n) is 6.59. The molecule has 1 atom stereocenters. The number of hydrogen-bond donors (Lipinski definition) is 1. The molecular weight excluding hydrogens is 282 g/mol. The molecule has 126 valence electrons. The summed E-state index contributed by atoms with van der Waals surface area (Å²) in [5.74, 6) is 0.551. The van der Waals surface area contributed by atoms with Crippen LogP contribution in [0.25, 0.3) is 0 Å². The Kier molecular flexibility index (Phi) is 6.64. The summed E-state index contributed by atoms with van der Waals surface area (Å²) >= 11 is 0. The lowest BCUT2D eigenvalue weighted by atomic mass is 10.1. The molecule has 1 unspecified atom stereocenters. The van der Waals surface area contributed by atoms with E-state index in [4.69, 9.17) is 4.74 Å². The lowest BCUT2D eigenvalue weighted by Gasteiger charge is -2.24. The second kappa shape index (κ2) is 8.48. The molecule has 22 heavy (non-hydrogen) atoms. The monoisotopic (exact) mass is 311 g/mol. The van der Waals surface area contributed by atoms with Gasteiger partial charge in [-0.2, -0.15) is 0 Å². The Morgan fingerprint density at radius 3 is 2.82 bits per heavy atom. The average Bonchev–Trinajstić information content (AvgIpc) is 3.12. The third-order valence-corrected chi connectivity index (χ3v) is 4.68. The van der Waals surface area contributed by atoms with E-state index in [1.807, 2.05) is 11.9 Å². The number of carbonyl (C=O) groups excluding carboxylic acids is 2. The Morgan fingerprint density at radius 1 is 1.41 bits per heavy atom. The van der Waals surface area contributed by atoms with E-state index in [2.05, 4.69) is 10.2 Å². The summed E-state index contributed by atoms with van der Waals surface area (Å²) in [6.07, 6.45) is 5.35. The zero-order valence-electron chi connectivity index (χ0n) is 13.8. The number of amides is 2. The van der Waals surface area contributed by atoms with Crippen molar-refractivity contribution in [3.8, 4) is 0 Å². The van der Waals surface area contributed by atoms with E-state index in [0.717, 1.165) is 25.9 Å². The van der Waals surface area contributed by atoms with Gasteiger partial charge in [0.25, 0.3) is 0 Å². The fourth-order valence-electron chi connectivity index (χ4n) is 3.40. The molecule has 0 bridgehead atoms. The summed E-state index contributed by atoms with van der Waals surface area (Å²) < 4.78 is 4.99. The fraction of sp³-hybridized carbons (Fsp3) is 0.875. The van der Waals surface area contributed by atoms with Crippen LogP contribution in [0, 0.1) is 5.92 Å². The van der Waals surface area contributed by atoms with Gasteiger partial charge in [0.2, 0.25) is 11.8 Å². The van der Waals surface area contributed by atoms with Crippen LogP contribution in [-0.2, 0) is 14.3 Å². The number of nitrogens with one attached hydrogen (secondary N) is 1. The normalized spacial score (nSPS) is 22.8. The minimum Gasteiger partial charge on any atom is -0.383 e. The predicted octanol–water partition coefficient (Wildman–Crippen LogP) is 0.472. The molecule has 2 rings (SSSR count). The standard InChI is InChI=1S/C16H29N3O3/c1-18(7-8-22-2)12-15(20)17-10-13-9-16(21)19(11-13)14-5-3-4-6-14/h13-14H,3-12H2,1-2H3,(H,17,20). The van der Waals surface area contributed by atoms with Gasteiger partial charge in [-0.3, -0.25) is 14.5 Å². The second-order valence-corrected chi connectivity index (χ2v) is 6.59. The van der Waals surface area contributed by atoms with E-state index < -0.39 is 0 Å². The van der Waals surface area contributed by atoms with E-state index in [9.17, 15) is 9.59 Å². The minimum atomic E-state index is 0.0189. The van der Waals surface area contributed by atoms with Crippen molar-refractivity contribution in [2.24, 2.45) is 5.92 Å². The van der Waals surface area contributed by atoms with E-state index in [0.29, 0.717) is 32.2 Å². The number of methoxy groups -OCH3 is 1. The van der Waals surface area contributed by atoms with Crippen LogP contribution in [-0.4, -0.2) is 74.6 Å². The number of rotatable bonds is 8. The van der Waals surface area contributed by atoms with Gasteiger partial charge in [0.15, 0.2) is 0 Å². The van der Waals surface area contributed by atoms with Crippen LogP contribution in [0.3, 0.4) is 0 Å². The van der Waals surface area contributed by atoms with E-state index in [1.165, 1.54) is 12.8 Å². The van der Waals surface area contributed by atoms with Gasteiger partial charge in [-0.05, 0) is 19.9 Å². The Hall–Kier alpha value is -1.14. The molecule has 0 radical (unpaired) electrons. The molecule has 1 aliphatic heterocycles. The summed E-state index contributed by atoms with van der Waals surface area (Å²) in [6.45, 7) is 3.14. The molecule has 6 heteroatoms. The first-order chi connectivity index (χ1) is 10.6. The highest BCUT2D eigenvalue weighted by molar-refractivity contribution is 5.80. The number of nitrogens with zero attached hydrogens (tertiary/aromatic N) is 2. The van der Waals surface area contributed by atoms with Crippen LogP contribution in [0.5, 0.6) is 0 Å². The maximum atomic E-state index is 12.1. The smallest absolute Gasteiger partial charge is 0.234 e. The summed E-state index contributed by atoms with van der Waals surface area (Å²) in [5.41, 5.74) is 0. The van der Waals surface area contributed by atoms with Crippen LogP contribution in [0.1, 0.15) is 32.1 Å². The average molecular weight is 311 g/mol. The fourth-order valence-corrected chi connectivity index (χ4v) is 3.40. The molecule has 6 nitrogen and oxygen atoms in total. The van der Waals surface area contributed by atoms with Gasteiger partial charge >= 0.3 is 0 Å². The highest BCUT2D eigenvalue weighted by Gasteiger charge is 2.35. The molecule has 2 fully saturated rings. The first kappa shape index (κ1) is 17.2. The Bertz CT molecular complexity index is 383. The van der Waals surface area contributed by atoms with Crippen LogP contribution >= 0.6 is 0 Å². The Morgan fingerprint density at radius 2 is 2.14 bits per heavy atom. The third kappa shape index (κ3) is 4.95. The molecule has 0 aromatic carbocycles. The molecule has 1 aliphatic carbocycles. The van der Waals surface area contributed by atoms with Crippen LogP contribution in [0.4, 0.5) is 0 Å². The van der Waals surface area contributed by atoms with Gasteiger partial charge in [0.05, 0.1) is 13.2 Å². The lowest BCUT2D eigenvalue weighted by molar-refractivity contribution is -0.129. The van der Waals surface area contributed by atoms with Gasteiger partial charge in [-0.15, -0.1) is 0 Å². The highest BCUT2D eigenvalue weighted by atomic mass is 16.5. The SMILES string of the molecule is COCCN(C)CC(=O)NCC1CC(=O)N(C2CCCC2)C1. The molecule has 0 aromatic heterocycles. The number of hydrogen-bond acceptors (Lipinski definition) is 4. The van der Waals surface area contributed by atoms with Gasteiger partial charge in [0, 0.05) is 45.1 Å². The molecule has 1 N–H and O–H groups in total. The molecular formula is C16H29N3O3. The molecule has 2 amide bonds. The van der Waals surface area contributed by atoms with E-state index >= 15 is 0 Å². The zero-order valence-corrected chi connectivity index (χ0v) is 13.8. The van der Waals surface area contributed by atoms with Gasteiger partial charge in [-0.1, -0.05) is 12.8 Å². The van der Waals surface area contributed by atoms with Crippen molar-refractivity contribution < 1.29 is 14.3 Å². The number of likely N-dealkylation sites (N-methyl/N-ethyl adjacent to an activating group) is 1. The Labute approximate surface area is 133 Å². The van der Waals surface area contributed by atoms with E-state index in [-0.39, 0.29) is 17.7 Å².